The molecule has 0 saturated heterocycles. The molecule has 0 saturated carbocycles. The van der Waals surface area contributed by atoms with Gasteiger partial charge in [0.2, 0.25) is 5.91 Å². The van der Waals surface area contributed by atoms with Gasteiger partial charge in [-0.25, -0.2) is 0 Å². The molecule has 11 heteroatoms. The molecule has 0 aliphatic rings. The Morgan fingerprint density at radius 1 is 1.00 bits per heavy atom. The van der Waals surface area contributed by atoms with E-state index < -0.39 is 0 Å². The van der Waals surface area contributed by atoms with E-state index in [1.54, 1.807) is 24.3 Å². The van der Waals surface area contributed by atoms with Crippen LogP contribution in [0.2, 0.25) is 0 Å². The standard InChI is InChI=1S/C28H45N3O7S/c1-23(2)7-5-14-34-16-13-30-26(32)10-6-15-35-17-18-36-19-20-37-27(39-3)22-38-25-9-4-8-24(21-25)28(33)31-12-11-29/h4,8-9,21,23,27H,6,10-20,22,29H2,1-3H3,(H,30,32)(H,31,33). The molecule has 0 bridgehead atoms. The lowest BCUT2D eigenvalue weighted by Crippen LogP contribution is -2.29. The zero-order valence-electron chi connectivity index (χ0n) is 23.5. The summed E-state index contributed by atoms with van der Waals surface area (Å²) in [6.07, 6.45) is 3.00. The van der Waals surface area contributed by atoms with Crippen LogP contribution in [0.3, 0.4) is 0 Å². The minimum absolute atomic E-state index is 0.0168. The lowest BCUT2D eigenvalue weighted by molar-refractivity contribution is -0.121. The molecule has 0 aliphatic carbocycles. The topological polar surface area (TPSA) is 130 Å². The quantitative estimate of drug-likeness (QED) is 0.109. The minimum Gasteiger partial charge on any atom is -0.490 e. The Kier molecular flexibility index (Phi) is 21.0. The predicted molar refractivity (Wildman–Crippen MR) is 154 cm³/mol. The molecule has 0 fully saturated rings. The van der Waals surface area contributed by atoms with Crippen LogP contribution >= 0.6 is 11.8 Å². The largest absolute Gasteiger partial charge is 0.490 e. The summed E-state index contributed by atoms with van der Waals surface area (Å²) >= 11 is 1.53. The van der Waals surface area contributed by atoms with E-state index in [0.29, 0.717) is 103 Å². The fourth-order valence-corrected chi connectivity index (χ4v) is 3.42. The molecule has 10 nitrogen and oxygen atoms in total. The molecule has 0 aromatic heterocycles. The highest BCUT2D eigenvalue weighted by molar-refractivity contribution is 7.99. The van der Waals surface area contributed by atoms with Crippen LogP contribution in [0, 0.1) is 17.8 Å². The minimum atomic E-state index is -0.185. The number of nitrogens with two attached hydrogens (primary N) is 1. The number of thioether (sulfide) groups is 1. The van der Waals surface area contributed by atoms with E-state index in [1.807, 2.05) is 20.1 Å². The molecule has 220 valence electrons. The number of hydrogen-bond donors (Lipinski definition) is 3. The number of carbonyl (C=O) groups excluding carboxylic acids is 2. The lowest BCUT2D eigenvalue weighted by atomic mass is 10.2. The van der Waals surface area contributed by atoms with Crippen LogP contribution in [0.25, 0.3) is 0 Å². The van der Waals surface area contributed by atoms with Crippen molar-refractivity contribution in [3.8, 4) is 17.6 Å². The van der Waals surface area contributed by atoms with Crippen LogP contribution in [0.15, 0.2) is 24.3 Å². The van der Waals surface area contributed by atoms with Gasteiger partial charge in [0.15, 0.2) is 0 Å². The van der Waals surface area contributed by atoms with Crippen molar-refractivity contribution in [1.29, 1.82) is 0 Å². The number of hydrogen-bond acceptors (Lipinski definition) is 9. The van der Waals surface area contributed by atoms with Crippen LogP contribution in [0.4, 0.5) is 0 Å². The summed E-state index contributed by atoms with van der Waals surface area (Å²) in [6.45, 7) is 8.77. The number of carbonyl (C=O) groups is 2. The van der Waals surface area contributed by atoms with Gasteiger partial charge in [0.1, 0.15) is 24.4 Å². The first-order valence-corrected chi connectivity index (χ1v) is 14.6. The summed E-state index contributed by atoms with van der Waals surface area (Å²) in [4.78, 5) is 23.9. The van der Waals surface area contributed by atoms with Gasteiger partial charge in [-0.2, -0.15) is 0 Å². The van der Waals surface area contributed by atoms with Gasteiger partial charge in [-0.1, -0.05) is 31.8 Å². The van der Waals surface area contributed by atoms with Gasteiger partial charge in [-0.3, -0.25) is 9.59 Å². The number of benzene rings is 1. The molecule has 0 radical (unpaired) electrons. The Hall–Kier alpha value is -2.33. The maximum absolute atomic E-state index is 12.1. The van der Waals surface area contributed by atoms with Gasteiger partial charge >= 0.3 is 0 Å². The Bertz CT molecular complexity index is 861. The zero-order valence-corrected chi connectivity index (χ0v) is 24.3. The smallest absolute Gasteiger partial charge is 0.251 e. The Morgan fingerprint density at radius 3 is 2.51 bits per heavy atom. The second-order valence-electron chi connectivity index (χ2n) is 8.63. The zero-order chi connectivity index (χ0) is 28.6. The fraction of sp³-hybridized carbons (Fsp3) is 0.643. The monoisotopic (exact) mass is 567 g/mol. The first kappa shape index (κ1) is 34.7. The molecule has 4 N–H and O–H groups in total. The summed E-state index contributed by atoms with van der Waals surface area (Å²) in [5.74, 6) is 6.68. The molecule has 0 spiro atoms. The van der Waals surface area contributed by atoms with E-state index in [1.165, 1.54) is 11.8 Å². The first-order valence-electron chi connectivity index (χ1n) is 13.3. The van der Waals surface area contributed by atoms with Crippen molar-refractivity contribution in [3.63, 3.8) is 0 Å². The van der Waals surface area contributed by atoms with Crippen molar-refractivity contribution >= 4 is 23.6 Å². The van der Waals surface area contributed by atoms with Crippen molar-refractivity contribution in [2.45, 2.75) is 32.1 Å². The van der Waals surface area contributed by atoms with Gasteiger partial charge in [0.05, 0.1) is 33.0 Å². The van der Waals surface area contributed by atoms with E-state index in [2.05, 4.69) is 22.5 Å². The molecule has 1 aromatic rings. The van der Waals surface area contributed by atoms with E-state index in [4.69, 9.17) is 29.4 Å². The molecule has 1 unspecified atom stereocenters. The molecule has 1 aromatic carbocycles. The van der Waals surface area contributed by atoms with E-state index in [0.717, 1.165) is 0 Å². The van der Waals surface area contributed by atoms with E-state index >= 15 is 0 Å². The third-order valence-corrected chi connectivity index (χ3v) is 5.70. The molecular formula is C28H45N3O7S. The van der Waals surface area contributed by atoms with Crippen LogP contribution in [0.1, 0.15) is 37.0 Å². The second-order valence-corrected chi connectivity index (χ2v) is 9.62. The third kappa shape index (κ3) is 19.4. The van der Waals surface area contributed by atoms with E-state index in [9.17, 15) is 9.59 Å². The third-order valence-electron chi connectivity index (χ3n) is 4.90. The maximum Gasteiger partial charge on any atom is 0.251 e. The normalized spacial score (nSPS) is 11.5. The second kappa shape index (κ2) is 23.5. The van der Waals surface area contributed by atoms with Gasteiger partial charge in [-0.05, 0) is 30.9 Å². The Labute approximate surface area is 237 Å². The van der Waals surface area contributed by atoms with Gasteiger partial charge in [0.25, 0.3) is 5.91 Å². The average Bonchev–Trinajstić information content (AvgIpc) is 2.93. The highest BCUT2D eigenvalue weighted by Gasteiger charge is 2.10. The van der Waals surface area contributed by atoms with Gasteiger partial charge in [0, 0.05) is 44.1 Å². The van der Waals surface area contributed by atoms with Crippen molar-refractivity contribution < 1.29 is 33.3 Å². The highest BCUT2D eigenvalue weighted by Crippen LogP contribution is 2.16. The first-order chi connectivity index (χ1) is 19.0. The number of rotatable bonds is 22. The van der Waals surface area contributed by atoms with Crippen LogP contribution in [0.5, 0.6) is 5.75 Å². The molecule has 1 atom stereocenters. The maximum atomic E-state index is 12.1. The molecule has 1 rings (SSSR count). The van der Waals surface area contributed by atoms with Gasteiger partial charge in [-0.15, -0.1) is 11.8 Å². The SMILES string of the molecule is CSC(COc1cccc(C(=O)NCCN)c1)OCCOCCOCCCC(=O)NCCOCC#CC(C)C. The Morgan fingerprint density at radius 2 is 1.77 bits per heavy atom. The Balaban J connectivity index is 2.01. The van der Waals surface area contributed by atoms with Crippen molar-refractivity contribution in [2.24, 2.45) is 11.7 Å². The van der Waals surface area contributed by atoms with Crippen LogP contribution in [-0.4, -0.2) is 96.0 Å². The number of amides is 2. The molecule has 2 amide bonds. The molecule has 0 heterocycles. The average molecular weight is 568 g/mol. The van der Waals surface area contributed by atoms with Crippen LogP contribution < -0.4 is 21.1 Å². The summed E-state index contributed by atoms with van der Waals surface area (Å²) in [5, 5.41) is 5.55. The van der Waals surface area contributed by atoms with E-state index in [-0.39, 0.29) is 17.3 Å². The summed E-state index contributed by atoms with van der Waals surface area (Å²) in [5.41, 5.74) is 5.77. The number of nitrogens with one attached hydrogen (secondary N) is 2. The van der Waals surface area contributed by atoms with Crippen molar-refractivity contribution in [3.05, 3.63) is 29.8 Å². The molecule has 0 aliphatic heterocycles. The summed E-state index contributed by atoms with van der Waals surface area (Å²) in [7, 11) is 0. The predicted octanol–water partition coefficient (Wildman–Crippen LogP) is 2.07. The fourth-order valence-electron chi connectivity index (χ4n) is 2.98. The molecular weight excluding hydrogens is 522 g/mol. The highest BCUT2D eigenvalue weighted by atomic mass is 32.2. The van der Waals surface area contributed by atoms with Crippen molar-refractivity contribution in [2.75, 3.05) is 78.7 Å². The lowest BCUT2D eigenvalue weighted by Gasteiger charge is -2.17. The van der Waals surface area contributed by atoms with Gasteiger partial charge < -0.3 is 40.1 Å². The number of ether oxygens (including phenoxy) is 5. The van der Waals surface area contributed by atoms with Crippen LogP contribution in [-0.2, 0) is 23.7 Å². The molecule has 39 heavy (non-hydrogen) atoms. The summed E-state index contributed by atoms with van der Waals surface area (Å²) < 4.78 is 28.0. The summed E-state index contributed by atoms with van der Waals surface area (Å²) in [6, 6.07) is 6.99. The van der Waals surface area contributed by atoms with Crippen molar-refractivity contribution in [1.82, 2.24) is 10.6 Å².